The molecule has 0 aliphatic carbocycles. The molecule has 1 aliphatic heterocycles. The van der Waals surface area contributed by atoms with E-state index < -0.39 is 0 Å². The summed E-state index contributed by atoms with van der Waals surface area (Å²) in [5.41, 5.74) is 6.05. The minimum Gasteiger partial charge on any atom is -0.506 e. The summed E-state index contributed by atoms with van der Waals surface area (Å²) >= 11 is 0. The maximum Gasteiger partial charge on any atom is 0.204 e. The van der Waals surface area contributed by atoms with E-state index in [9.17, 15) is 5.11 Å². The second-order valence-electron chi connectivity index (χ2n) is 8.57. The number of nitrogens with one attached hydrogen (secondary N) is 1. The number of hydrogen-bond acceptors (Lipinski definition) is 5. The van der Waals surface area contributed by atoms with E-state index >= 15 is 0 Å². The van der Waals surface area contributed by atoms with Crippen LogP contribution in [0.5, 0.6) is 5.75 Å². The molecule has 0 radical (unpaired) electrons. The largest absolute Gasteiger partial charge is 0.506 e. The number of pyridine rings is 1. The monoisotopic (exact) mass is 407 g/mol. The zero-order chi connectivity index (χ0) is 21.1. The van der Waals surface area contributed by atoms with Crippen LogP contribution in [0.3, 0.4) is 0 Å². The van der Waals surface area contributed by atoms with Crippen LogP contribution in [0.25, 0.3) is 11.0 Å². The topological polar surface area (TPSA) is 66.2 Å². The van der Waals surface area contributed by atoms with Gasteiger partial charge in [0.15, 0.2) is 0 Å². The Bertz CT molecular complexity index is 1020. The van der Waals surface area contributed by atoms with Crippen LogP contribution >= 0.6 is 0 Å². The Morgan fingerprint density at radius 2 is 1.83 bits per heavy atom. The minimum absolute atomic E-state index is 0.225. The zero-order valence-corrected chi connectivity index (χ0v) is 18.4. The van der Waals surface area contributed by atoms with Crippen molar-refractivity contribution in [2.75, 3.05) is 31.5 Å². The van der Waals surface area contributed by atoms with Crippen molar-refractivity contribution in [2.24, 2.45) is 0 Å². The van der Waals surface area contributed by atoms with Gasteiger partial charge >= 0.3 is 0 Å². The predicted octanol–water partition coefficient (Wildman–Crippen LogP) is 4.40. The Kier molecular flexibility index (Phi) is 6.23. The van der Waals surface area contributed by atoms with Gasteiger partial charge in [0, 0.05) is 12.2 Å². The molecule has 6 heteroatoms. The molecule has 3 heterocycles. The number of hydrogen-bond donors (Lipinski definition) is 2. The zero-order valence-electron chi connectivity index (χ0n) is 18.4. The number of aryl methyl sites for hydroxylation is 3. The van der Waals surface area contributed by atoms with E-state index in [2.05, 4.69) is 45.7 Å². The molecule has 1 fully saturated rings. The number of anilines is 1. The van der Waals surface area contributed by atoms with Gasteiger partial charge in [-0.2, -0.15) is 0 Å². The molecule has 2 aromatic heterocycles. The number of nitrogens with zero attached hydrogens (tertiary/aromatic N) is 4. The molecular weight excluding hydrogens is 374 g/mol. The summed E-state index contributed by atoms with van der Waals surface area (Å²) in [5.74, 6) is 1.07. The van der Waals surface area contributed by atoms with Gasteiger partial charge in [0.2, 0.25) is 5.95 Å². The van der Waals surface area contributed by atoms with Crippen LogP contribution in [0.1, 0.15) is 48.2 Å². The van der Waals surface area contributed by atoms with Crippen molar-refractivity contribution in [3.05, 3.63) is 46.8 Å². The van der Waals surface area contributed by atoms with Crippen LogP contribution in [0.4, 0.5) is 5.95 Å². The van der Waals surface area contributed by atoms with E-state index in [0.717, 1.165) is 42.2 Å². The first kappa shape index (κ1) is 20.7. The van der Waals surface area contributed by atoms with Crippen LogP contribution in [-0.4, -0.2) is 50.7 Å². The van der Waals surface area contributed by atoms with E-state index in [1.54, 1.807) is 6.07 Å². The standard InChI is InChI=1S/C24H33N5O/c1-17-14-18(2)23-20(15-17)27-24(25-10-7-13-28-11-5-4-6-12-28)29(23)16-21-22(30)9-8-19(3)26-21/h8-9,14-15,30H,4-7,10-13,16H2,1-3H3,(H,25,27). The van der Waals surface area contributed by atoms with E-state index in [0.29, 0.717) is 12.2 Å². The summed E-state index contributed by atoms with van der Waals surface area (Å²) in [6.45, 7) is 11.1. The number of piperidine rings is 1. The molecule has 6 nitrogen and oxygen atoms in total. The molecule has 1 aliphatic rings. The Morgan fingerprint density at radius 3 is 2.63 bits per heavy atom. The van der Waals surface area contributed by atoms with Gasteiger partial charge in [0.25, 0.3) is 0 Å². The second kappa shape index (κ2) is 9.04. The lowest BCUT2D eigenvalue weighted by molar-refractivity contribution is 0.228. The molecule has 0 atom stereocenters. The maximum absolute atomic E-state index is 10.3. The molecule has 1 saturated heterocycles. The number of rotatable bonds is 7. The smallest absolute Gasteiger partial charge is 0.204 e. The van der Waals surface area contributed by atoms with Crippen LogP contribution in [-0.2, 0) is 6.54 Å². The highest BCUT2D eigenvalue weighted by Crippen LogP contribution is 2.27. The van der Waals surface area contributed by atoms with Gasteiger partial charge in [-0.1, -0.05) is 12.5 Å². The molecule has 1 aromatic carbocycles. The molecule has 0 amide bonds. The summed E-state index contributed by atoms with van der Waals surface area (Å²) in [4.78, 5) is 12.0. The van der Waals surface area contributed by atoms with Crippen molar-refractivity contribution >= 4 is 17.0 Å². The SMILES string of the molecule is Cc1cc(C)c2c(c1)nc(NCCCN1CCCCC1)n2Cc1nc(C)ccc1O. The lowest BCUT2D eigenvalue weighted by Crippen LogP contribution is -2.31. The van der Waals surface area contributed by atoms with Gasteiger partial charge in [-0.15, -0.1) is 0 Å². The number of aromatic nitrogens is 3. The molecule has 3 aromatic rings. The molecule has 30 heavy (non-hydrogen) atoms. The molecule has 0 spiro atoms. The second-order valence-corrected chi connectivity index (χ2v) is 8.57. The molecule has 0 bridgehead atoms. The first-order valence-corrected chi connectivity index (χ1v) is 11.1. The summed E-state index contributed by atoms with van der Waals surface area (Å²) < 4.78 is 2.16. The first-order valence-electron chi connectivity index (χ1n) is 11.1. The van der Waals surface area contributed by atoms with Gasteiger partial charge in [0.1, 0.15) is 11.4 Å². The van der Waals surface area contributed by atoms with Crippen molar-refractivity contribution < 1.29 is 5.11 Å². The maximum atomic E-state index is 10.3. The van der Waals surface area contributed by atoms with E-state index in [-0.39, 0.29) is 5.75 Å². The third-order valence-electron chi connectivity index (χ3n) is 5.96. The molecule has 160 valence electrons. The molecule has 0 saturated carbocycles. The fourth-order valence-corrected chi connectivity index (χ4v) is 4.50. The number of benzene rings is 1. The third-order valence-corrected chi connectivity index (χ3v) is 5.96. The summed E-state index contributed by atoms with van der Waals surface area (Å²) in [7, 11) is 0. The Morgan fingerprint density at radius 1 is 1.03 bits per heavy atom. The normalized spacial score (nSPS) is 15.0. The average Bonchev–Trinajstić information content (AvgIpc) is 3.06. The number of aromatic hydroxyl groups is 1. The fraction of sp³-hybridized carbons (Fsp3) is 0.500. The van der Waals surface area contributed by atoms with Crippen LogP contribution in [0, 0.1) is 20.8 Å². The highest BCUT2D eigenvalue weighted by atomic mass is 16.3. The summed E-state index contributed by atoms with van der Waals surface area (Å²) in [6.07, 6.45) is 5.12. The third kappa shape index (κ3) is 4.59. The molecule has 4 rings (SSSR count). The highest BCUT2D eigenvalue weighted by molar-refractivity contribution is 5.83. The van der Waals surface area contributed by atoms with Gasteiger partial charge in [0.05, 0.1) is 17.6 Å². The van der Waals surface area contributed by atoms with Gasteiger partial charge < -0.3 is 19.9 Å². The van der Waals surface area contributed by atoms with Crippen molar-refractivity contribution in [3.8, 4) is 5.75 Å². The van der Waals surface area contributed by atoms with Crippen molar-refractivity contribution in [2.45, 2.75) is 53.0 Å². The Labute approximate surface area is 179 Å². The Balaban J connectivity index is 1.57. The van der Waals surface area contributed by atoms with E-state index in [1.807, 2.05) is 13.0 Å². The van der Waals surface area contributed by atoms with E-state index in [4.69, 9.17) is 4.98 Å². The molecule has 0 unspecified atom stereocenters. The quantitative estimate of drug-likeness (QED) is 0.568. The van der Waals surface area contributed by atoms with Gasteiger partial charge in [-0.05, 0) is 89.0 Å². The average molecular weight is 408 g/mol. The lowest BCUT2D eigenvalue weighted by atomic mass is 10.1. The summed E-state index contributed by atoms with van der Waals surface area (Å²) in [5, 5.41) is 13.9. The van der Waals surface area contributed by atoms with Gasteiger partial charge in [-0.3, -0.25) is 4.98 Å². The Hall–Kier alpha value is -2.60. The number of likely N-dealkylation sites (tertiary alicyclic amines) is 1. The van der Waals surface area contributed by atoms with Crippen LogP contribution in [0.2, 0.25) is 0 Å². The summed E-state index contributed by atoms with van der Waals surface area (Å²) in [6, 6.07) is 7.87. The van der Waals surface area contributed by atoms with Crippen molar-refractivity contribution in [3.63, 3.8) is 0 Å². The number of fused-ring (bicyclic) bond motifs is 1. The van der Waals surface area contributed by atoms with Crippen molar-refractivity contribution in [1.29, 1.82) is 0 Å². The van der Waals surface area contributed by atoms with Gasteiger partial charge in [-0.25, -0.2) is 4.98 Å². The predicted molar refractivity (Wildman–Crippen MR) is 122 cm³/mol. The highest BCUT2D eigenvalue weighted by Gasteiger charge is 2.16. The lowest BCUT2D eigenvalue weighted by Gasteiger charge is -2.26. The first-order chi connectivity index (χ1) is 14.5. The van der Waals surface area contributed by atoms with Crippen molar-refractivity contribution in [1.82, 2.24) is 19.4 Å². The number of imidazole rings is 1. The molecular formula is C24H33N5O. The van der Waals surface area contributed by atoms with Crippen LogP contribution < -0.4 is 5.32 Å². The fourth-order valence-electron chi connectivity index (χ4n) is 4.50. The van der Waals surface area contributed by atoms with Crippen LogP contribution in [0.15, 0.2) is 24.3 Å². The molecule has 2 N–H and O–H groups in total. The minimum atomic E-state index is 0.225. The van der Waals surface area contributed by atoms with E-state index in [1.165, 1.54) is 43.5 Å².